The number of nitrogens with zero attached hydrogens (tertiary/aromatic N) is 7. The molecule has 5 aromatic rings. The molecular formula is C30H28FN7. The SMILES string of the molecule is [C-]#[N+]c1ccc(-c2c(-c3ccc4c(cnn4C)c3)ncc3c2ncn3CC2CC3CCC(C2)N3C)cc1F. The fourth-order valence-electron chi connectivity index (χ4n) is 6.68. The number of fused-ring (bicyclic) bond motifs is 4. The number of hydrogen-bond donors (Lipinski definition) is 0. The summed E-state index contributed by atoms with van der Waals surface area (Å²) in [5, 5.41) is 5.38. The molecule has 2 aliphatic heterocycles. The third kappa shape index (κ3) is 3.61. The average Bonchev–Trinajstić information content (AvgIpc) is 3.55. The lowest BCUT2D eigenvalue weighted by Crippen LogP contribution is -2.40. The lowest BCUT2D eigenvalue weighted by molar-refractivity contribution is 0.125. The van der Waals surface area contributed by atoms with Crippen molar-refractivity contribution in [1.82, 2.24) is 29.2 Å². The molecule has 7 rings (SSSR count). The van der Waals surface area contributed by atoms with Gasteiger partial charge in [0.1, 0.15) is 11.3 Å². The number of hydrogen-bond acceptors (Lipinski definition) is 4. The van der Waals surface area contributed by atoms with E-state index in [0.29, 0.717) is 23.6 Å². The minimum atomic E-state index is -0.538. The van der Waals surface area contributed by atoms with Crippen LogP contribution in [0.5, 0.6) is 0 Å². The first-order chi connectivity index (χ1) is 18.5. The lowest BCUT2D eigenvalue weighted by atomic mass is 9.91. The second kappa shape index (κ2) is 8.74. The van der Waals surface area contributed by atoms with Crippen LogP contribution in [-0.4, -0.2) is 48.3 Å². The molecule has 2 bridgehead atoms. The third-order valence-electron chi connectivity index (χ3n) is 8.70. The van der Waals surface area contributed by atoms with E-state index in [4.69, 9.17) is 16.5 Å². The molecule has 3 aromatic heterocycles. The summed E-state index contributed by atoms with van der Waals surface area (Å²) in [4.78, 5) is 15.7. The Morgan fingerprint density at radius 3 is 2.53 bits per heavy atom. The van der Waals surface area contributed by atoms with Gasteiger partial charge < -0.3 is 9.47 Å². The minimum Gasteiger partial charge on any atom is -0.329 e. The predicted octanol–water partition coefficient (Wildman–Crippen LogP) is 6.21. The van der Waals surface area contributed by atoms with E-state index in [1.54, 1.807) is 6.07 Å². The van der Waals surface area contributed by atoms with Gasteiger partial charge in [-0.1, -0.05) is 18.2 Å². The topological polar surface area (TPSA) is 56.1 Å². The monoisotopic (exact) mass is 505 g/mol. The quantitative estimate of drug-likeness (QED) is 0.272. The highest BCUT2D eigenvalue weighted by molar-refractivity contribution is 6.00. The summed E-state index contributed by atoms with van der Waals surface area (Å²) in [5.74, 6) is 0.0667. The van der Waals surface area contributed by atoms with Crippen LogP contribution in [-0.2, 0) is 13.6 Å². The number of aryl methyl sites for hydroxylation is 1. The zero-order valence-electron chi connectivity index (χ0n) is 21.5. The van der Waals surface area contributed by atoms with Crippen molar-refractivity contribution in [2.75, 3.05) is 7.05 Å². The highest BCUT2D eigenvalue weighted by atomic mass is 19.1. The summed E-state index contributed by atoms with van der Waals surface area (Å²) in [6.07, 6.45) is 10.7. The number of pyridine rings is 1. The fourth-order valence-corrected chi connectivity index (χ4v) is 6.68. The van der Waals surface area contributed by atoms with Gasteiger partial charge in [0.25, 0.3) is 0 Å². The maximum absolute atomic E-state index is 14.8. The Kier molecular flexibility index (Phi) is 5.31. The molecule has 0 saturated carbocycles. The van der Waals surface area contributed by atoms with Gasteiger partial charge in [-0.3, -0.25) is 9.67 Å². The molecule has 8 heteroatoms. The fraction of sp³-hybridized carbons (Fsp3) is 0.333. The van der Waals surface area contributed by atoms with Gasteiger partial charge in [-0.25, -0.2) is 14.2 Å². The highest BCUT2D eigenvalue weighted by Gasteiger charge is 2.38. The molecule has 0 amide bonds. The molecule has 2 fully saturated rings. The summed E-state index contributed by atoms with van der Waals surface area (Å²) in [5.41, 5.74) is 5.88. The zero-order valence-corrected chi connectivity index (χ0v) is 21.5. The van der Waals surface area contributed by atoms with Crippen LogP contribution in [0.2, 0.25) is 0 Å². The lowest BCUT2D eigenvalue weighted by Gasteiger charge is -2.36. The zero-order chi connectivity index (χ0) is 26.0. The first kappa shape index (κ1) is 23.1. The van der Waals surface area contributed by atoms with E-state index in [2.05, 4.69) is 32.5 Å². The van der Waals surface area contributed by atoms with E-state index in [9.17, 15) is 4.39 Å². The van der Waals surface area contributed by atoms with Gasteiger partial charge in [-0.05, 0) is 62.4 Å². The van der Waals surface area contributed by atoms with Crippen molar-refractivity contribution in [2.45, 2.75) is 44.3 Å². The molecule has 38 heavy (non-hydrogen) atoms. The van der Waals surface area contributed by atoms with E-state index in [1.165, 1.54) is 37.8 Å². The minimum absolute atomic E-state index is 0.00893. The van der Waals surface area contributed by atoms with Crippen LogP contribution in [0.1, 0.15) is 25.7 Å². The van der Waals surface area contributed by atoms with Crippen molar-refractivity contribution >= 4 is 27.6 Å². The highest BCUT2D eigenvalue weighted by Crippen LogP contribution is 2.40. The molecule has 2 saturated heterocycles. The van der Waals surface area contributed by atoms with Gasteiger partial charge in [-0.2, -0.15) is 5.10 Å². The maximum atomic E-state index is 14.8. The number of aromatic nitrogens is 5. The summed E-state index contributed by atoms with van der Waals surface area (Å²) in [7, 11) is 4.19. The first-order valence-corrected chi connectivity index (χ1v) is 13.2. The number of benzene rings is 2. The maximum Gasteiger partial charge on any atom is 0.222 e. The summed E-state index contributed by atoms with van der Waals surface area (Å²) >= 11 is 0. The second-order valence-electron chi connectivity index (χ2n) is 10.8. The van der Waals surface area contributed by atoms with E-state index < -0.39 is 5.82 Å². The Bertz CT molecular complexity index is 1730. The van der Waals surface area contributed by atoms with Gasteiger partial charge in [0.05, 0.1) is 42.0 Å². The van der Waals surface area contributed by atoms with Crippen LogP contribution in [0.3, 0.4) is 0 Å². The molecule has 0 spiro atoms. The Morgan fingerprint density at radius 1 is 0.974 bits per heavy atom. The summed E-state index contributed by atoms with van der Waals surface area (Å²) in [6, 6.07) is 12.3. The van der Waals surface area contributed by atoms with Crippen LogP contribution >= 0.6 is 0 Å². The largest absolute Gasteiger partial charge is 0.329 e. The molecule has 0 N–H and O–H groups in total. The number of halogens is 1. The molecule has 2 aliphatic rings. The Labute approximate surface area is 220 Å². The van der Waals surface area contributed by atoms with Crippen molar-refractivity contribution in [3.8, 4) is 22.4 Å². The van der Waals surface area contributed by atoms with E-state index in [-0.39, 0.29) is 5.69 Å². The van der Waals surface area contributed by atoms with Gasteiger partial charge in [0, 0.05) is 42.2 Å². The van der Waals surface area contributed by atoms with Crippen molar-refractivity contribution in [2.24, 2.45) is 13.0 Å². The van der Waals surface area contributed by atoms with E-state index >= 15 is 0 Å². The first-order valence-electron chi connectivity index (χ1n) is 13.2. The number of rotatable bonds is 4. The Balaban J connectivity index is 1.36. The molecule has 2 aromatic carbocycles. The molecule has 190 valence electrons. The van der Waals surface area contributed by atoms with Crippen LogP contribution in [0.4, 0.5) is 10.1 Å². The third-order valence-corrected chi connectivity index (χ3v) is 8.70. The van der Waals surface area contributed by atoms with Crippen molar-refractivity contribution in [3.05, 3.63) is 72.4 Å². The molecular weight excluding hydrogens is 477 g/mol. The Hall–Kier alpha value is -4.09. The molecule has 2 unspecified atom stereocenters. The van der Waals surface area contributed by atoms with Gasteiger partial charge in [0.15, 0.2) is 0 Å². The molecule has 7 nitrogen and oxygen atoms in total. The summed E-state index contributed by atoms with van der Waals surface area (Å²) < 4.78 is 18.9. The van der Waals surface area contributed by atoms with Crippen LogP contribution < -0.4 is 0 Å². The smallest absolute Gasteiger partial charge is 0.222 e. The van der Waals surface area contributed by atoms with Crippen molar-refractivity contribution < 1.29 is 4.39 Å². The molecule has 2 atom stereocenters. The van der Waals surface area contributed by atoms with Crippen molar-refractivity contribution in [1.29, 1.82) is 0 Å². The predicted molar refractivity (Wildman–Crippen MR) is 146 cm³/mol. The van der Waals surface area contributed by atoms with Crippen LogP contribution in [0.15, 0.2) is 55.1 Å². The van der Waals surface area contributed by atoms with Gasteiger partial charge >= 0.3 is 0 Å². The molecule has 0 aliphatic carbocycles. The van der Waals surface area contributed by atoms with E-state index in [1.807, 2.05) is 42.6 Å². The average molecular weight is 506 g/mol. The van der Waals surface area contributed by atoms with Gasteiger partial charge in [-0.15, -0.1) is 0 Å². The van der Waals surface area contributed by atoms with Crippen molar-refractivity contribution in [3.63, 3.8) is 0 Å². The normalized spacial score (nSPS) is 21.4. The Morgan fingerprint density at radius 2 is 1.76 bits per heavy atom. The number of imidazole rings is 1. The summed E-state index contributed by atoms with van der Waals surface area (Å²) in [6.45, 7) is 8.17. The molecule has 5 heterocycles. The number of piperidine rings is 1. The molecule has 0 radical (unpaired) electrons. The standard InChI is InChI=1S/C30H28FN7/c1-32-25-8-4-19(13-24(25)31)28-29(20-5-9-26-21(12-20)14-35-37(26)3)33-15-27-30(28)34-17-38(27)16-18-10-22-6-7-23(11-18)36(22)2/h4-5,8-9,12-15,17-18,22-23H,6-7,10-11,16H2,2-3H3. The van der Waals surface area contributed by atoms with Crippen LogP contribution in [0, 0.1) is 18.3 Å². The second-order valence-corrected chi connectivity index (χ2v) is 10.8. The van der Waals surface area contributed by atoms with E-state index in [0.717, 1.165) is 45.3 Å². The van der Waals surface area contributed by atoms with Gasteiger partial charge in [0.2, 0.25) is 5.69 Å². The van der Waals surface area contributed by atoms with Crippen LogP contribution in [0.25, 0.3) is 49.2 Å².